The molecule has 2 rings (SSSR count). The minimum atomic E-state index is -0.00196. The number of nitrogens with one attached hydrogen (secondary N) is 1. The molecule has 21 heavy (non-hydrogen) atoms. The van der Waals surface area contributed by atoms with Gasteiger partial charge in [-0.15, -0.1) is 11.8 Å². The van der Waals surface area contributed by atoms with Crippen molar-refractivity contribution in [2.75, 3.05) is 18.1 Å². The number of nitrogens with zero attached hydrogens (tertiary/aromatic N) is 1. The number of hydrogen-bond donors (Lipinski definition) is 1. The van der Waals surface area contributed by atoms with Gasteiger partial charge in [-0.25, -0.2) is 0 Å². The summed E-state index contributed by atoms with van der Waals surface area (Å²) in [6.45, 7) is 7.67. The molecule has 1 aromatic carbocycles. The number of carbonyl (C=O) groups excluding carboxylic acids is 1. The number of hydrogen-bond acceptors (Lipinski definition) is 3. The maximum absolute atomic E-state index is 12.6. The van der Waals surface area contributed by atoms with Gasteiger partial charge in [0.15, 0.2) is 0 Å². The van der Waals surface area contributed by atoms with E-state index >= 15 is 0 Å². The first kappa shape index (κ1) is 16.4. The predicted octanol–water partition coefficient (Wildman–Crippen LogP) is 4.00. The van der Waals surface area contributed by atoms with Gasteiger partial charge in [0.1, 0.15) is 0 Å². The molecule has 0 radical (unpaired) electrons. The molecule has 0 saturated carbocycles. The minimum absolute atomic E-state index is 0.00196. The first-order chi connectivity index (χ1) is 9.97. The van der Waals surface area contributed by atoms with Crippen LogP contribution in [-0.4, -0.2) is 35.2 Å². The Morgan fingerprint density at radius 2 is 2.24 bits per heavy atom. The topological polar surface area (TPSA) is 32.3 Å². The van der Waals surface area contributed by atoms with Gasteiger partial charge in [0.05, 0.1) is 6.04 Å². The fraction of sp³-hybridized carbons (Fsp3) is 0.588. The van der Waals surface area contributed by atoms with Crippen LogP contribution in [0.25, 0.3) is 0 Å². The van der Waals surface area contributed by atoms with E-state index in [-0.39, 0.29) is 17.5 Å². The Balaban J connectivity index is 2.08. The van der Waals surface area contributed by atoms with E-state index in [1.165, 1.54) is 4.90 Å². The van der Waals surface area contributed by atoms with E-state index in [4.69, 9.17) is 0 Å². The molecule has 1 aliphatic heterocycles. The van der Waals surface area contributed by atoms with Crippen molar-refractivity contribution in [3.63, 3.8) is 0 Å². The van der Waals surface area contributed by atoms with E-state index in [0.29, 0.717) is 0 Å². The highest BCUT2D eigenvalue weighted by molar-refractivity contribution is 7.98. The van der Waals surface area contributed by atoms with Crippen molar-refractivity contribution in [1.29, 1.82) is 0 Å². The lowest BCUT2D eigenvalue weighted by Gasteiger charge is -2.38. The standard InChI is InChI=1S/C17H26N2OS/c1-5-17(2,3)19-11-7-10-15(19)16(20)18-13-8-6-9-14(12-13)21-4/h6,8-9,12,15H,5,7,10-11H2,1-4H3,(H,18,20). The van der Waals surface area contributed by atoms with Crippen LogP contribution in [0.15, 0.2) is 29.2 Å². The average molecular weight is 306 g/mol. The second kappa shape index (κ2) is 6.84. The Kier molecular flexibility index (Phi) is 5.33. The van der Waals surface area contributed by atoms with Gasteiger partial charge >= 0.3 is 0 Å². The highest BCUT2D eigenvalue weighted by Crippen LogP contribution is 2.30. The Bertz CT molecular complexity index is 501. The molecule has 1 saturated heterocycles. The summed E-state index contributed by atoms with van der Waals surface area (Å²) in [5.74, 6) is 0.132. The van der Waals surface area contributed by atoms with Gasteiger partial charge in [-0.3, -0.25) is 9.69 Å². The zero-order valence-corrected chi connectivity index (χ0v) is 14.3. The van der Waals surface area contributed by atoms with Gasteiger partial charge in [-0.1, -0.05) is 13.0 Å². The van der Waals surface area contributed by atoms with Crippen LogP contribution in [0.3, 0.4) is 0 Å². The first-order valence-electron chi connectivity index (χ1n) is 7.69. The largest absolute Gasteiger partial charge is 0.325 e. The molecule has 1 aliphatic rings. The van der Waals surface area contributed by atoms with Crippen LogP contribution in [0.1, 0.15) is 40.0 Å². The fourth-order valence-corrected chi connectivity index (χ4v) is 3.35. The Labute approximate surface area is 132 Å². The van der Waals surface area contributed by atoms with Gasteiger partial charge < -0.3 is 5.32 Å². The summed E-state index contributed by atoms with van der Waals surface area (Å²) in [4.78, 5) is 16.2. The van der Waals surface area contributed by atoms with Crippen LogP contribution in [0.5, 0.6) is 0 Å². The monoisotopic (exact) mass is 306 g/mol. The smallest absolute Gasteiger partial charge is 0.241 e. The molecule has 1 heterocycles. The Morgan fingerprint density at radius 3 is 2.90 bits per heavy atom. The summed E-state index contributed by atoms with van der Waals surface area (Å²) in [6.07, 6.45) is 5.16. The number of anilines is 1. The third-order valence-electron chi connectivity index (χ3n) is 4.54. The summed E-state index contributed by atoms with van der Waals surface area (Å²) in [6, 6.07) is 8.04. The Hall–Kier alpha value is -1.00. The van der Waals surface area contributed by atoms with Crippen LogP contribution in [0.2, 0.25) is 0 Å². The third kappa shape index (κ3) is 3.80. The highest BCUT2D eigenvalue weighted by Gasteiger charge is 2.38. The molecule has 1 fully saturated rings. The molecular weight excluding hydrogens is 280 g/mol. The van der Waals surface area contributed by atoms with Crippen LogP contribution >= 0.6 is 11.8 Å². The molecule has 1 atom stereocenters. The van der Waals surface area contributed by atoms with Crippen molar-refractivity contribution in [2.45, 2.75) is 56.5 Å². The van der Waals surface area contributed by atoms with E-state index in [2.05, 4.69) is 37.1 Å². The minimum Gasteiger partial charge on any atom is -0.325 e. The van der Waals surface area contributed by atoms with Crippen LogP contribution in [0, 0.1) is 0 Å². The summed E-state index contributed by atoms with van der Waals surface area (Å²) in [7, 11) is 0. The lowest BCUT2D eigenvalue weighted by molar-refractivity contribution is -0.122. The summed E-state index contributed by atoms with van der Waals surface area (Å²) < 4.78 is 0. The molecule has 1 amide bonds. The number of benzene rings is 1. The van der Waals surface area contributed by atoms with E-state index in [1.54, 1.807) is 11.8 Å². The van der Waals surface area contributed by atoms with Gasteiger partial charge in [0, 0.05) is 16.1 Å². The Morgan fingerprint density at radius 1 is 1.48 bits per heavy atom. The van der Waals surface area contributed by atoms with Gasteiger partial charge in [-0.05, 0) is 64.1 Å². The molecule has 1 unspecified atom stereocenters. The second-order valence-electron chi connectivity index (χ2n) is 6.24. The quantitative estimate of drug-likeness (QED) is 0.835. The molecular formula is C17H26N2OS. The zero-order valence-electron chi connectivity index (χ0n) is 13.5. The van der Waals surface area contributed by atoms with Crippen molar-refractivity contribution in [2.24, 2.45) is 0 Å². The fourth-order valence-electron chi connectivity index (χ4n) is 2.89. The van der Waals surface area contributed by atoms with Gasteiger partial charge in [0.2, 0.25) is 5.91 Å². The lowest BCUT2D eigenvalue weighted by Crippen LogP contribution is -2.50. The van der Waals surface area contributed by atoms with E-state index in [9.17, 15) is 4.79 Å². The van der Waals surface area contributed by atoms with E-state index < -0.39 is 0 Å². The van der Waals surface area contributed by atoms with E-state index in [0.717, 1.165) is 31.5 Å². The molecule has 3 nitrogen and oxygen atoms in total. The molecule has 1 N–H and O–H groups in total. The number of thioether (sulfide) groups is 1. The normalized spacial score (nSPS) is 19.7. The third-order valence-corrected chi connectivity index (χ3v) is 5.26. The number of rotatable bonds is 5. The van der Waals surface area contributed by atoms with Gasteiger partial charge in [-0.2, -0.15) is 0 Å². The SMILES string of the molecule is CCC(C)(C)N1CCCC1C(=O)Nc1cccc(SC)c1. The van der Waals surface area contributed by atoms with Crippen molar-refractivity contribution >= 4 is 23.4 Å². The summed E-state index contributed by atoms with van der Waals surface area (Å²) in [5, 5.41) is 3.09. The zero-order chi connectivity index (χ0) is 15.5. The maximum atomic E-state index is 12.6. The van der Waals surface area contributed by atoms with Crippen molar-refractivity contribution in [3.8, 4) is 0 Å². The predicted molar refractivity (Wildman–Crippen MR) is 91.0 cm³/mol. The van der Waals surface area contributed by atoms with Crippen molar-refractivity contribution in [1.82, 2.24) is 4.90 Å². The van der Waals surface area contributed by atoms with Crippen LogP contribution in [0.4, 0.5) is 5.69 Å². The molecule has 116 valence electrons. The number of likely N-dealkylation sites (tertiary alicyclic amines) is 1. The highest BCUT2D eigenvalue weighted by atomic mass is 32.2. The molecule has 0 spiro atoms. The first-order valence-corrected chi connectivity index (χ1v) is 8.92. The molecule has 1 aromatic rings. The van der Waals surface area contributed by atoms with Crippen LogP contribution in [-0.2, 0) is 4.79 Å². The second-order valence-corrected chi connectivity index (χ2v) is 7.12. The molecule has 4 heteroatoms. The number of carbonyl (C=O) groups is 1. The lowest BCUT2D eigenvalue weighted by atomic mass is 9.98. The maximum Gasteiger partial charge on any atom is 0.241 e. The molecule has 0 bridgehead atoms. The number of amides is 1. The van der Waals surface area contributed by atoms with Crippen molar-refractivity contribution < 1.29 is 4.79 Å². The van der Waals surface area contributed by atoms with Crippen molar-refractivity contribution in [3.05, 3.63) is 24.3 Å². The molecule has 0 aromatic heterocycles. The van der Waals surface area contributed by atoms with Crippen LogP contribution < -0.4 is 5.32 Å². The summed E-state index contributed by atoms with van der Waals surface area (Å²) in [5.41, 5.74) is 0.979. The average Bonchev–Trinajstić information content (AvgIpc) is 2.98. The molecule has 0 aliphatic carbocycles. The summed E-state index contributed by atoms with van der Waals surface area (Å²) >= 11 is 1.69. The van der Waals surface area contributed by atoms with E-state index in [1.807, 2.05) is 24.5 Å². The van der Waals surface area contributed by atoms with Gasteiger partial charge in [0.25, 0.3) is 0 Å².